The number of rotatable bonds is 6. The molecule has 3 rings (SSSR count). The number of benzene rings is 2. The lowest BCUT2D eigenvalue weighted by molar-refractivity contribution is -0.135. The molecule has 0 aliphatic rings. The third kappa shape index (κ3) is 3.49. The summed E-state index contributed by atoms with van der Waals surface area (Å²) in [5, 5.41) is 12.8. The zero-order valence-corrected chi connectivity index (χ0v) is 14.2. The number of nitrogens with one attached hydrogen (secondary N) is 1. The summed E-state index contributed by atoms with van der Waals surface area (Å²) in [7, 11) is 0. The molecule has 6 heteroatoms. The second-order valence-corrected chi connectivity index (χ2v) is 5.56. The second-order valence-electron chi connectivity index (χ2n) is 5.56. The number of ether oxygens (including phenoxy) is 1. The van der Waals surface area contributed by atoms with Crippen molar-refractivity contribution in [1.82, 2.24) is 10.3 Å². The molecule has 1 amide bonds. The summed E-state index contributed by atoms with van der Waals surface area (Å²) in [6.07, 6.45) is 0. The molecule has 0 fully saturated rings. The van der Waals surface area contributed by atoms with Crippen LogP contribution < -0.4 is 10.1 Å². The third-order valence-electron chi connectivity index (χ3n) is 3.84. The van der Waals surface area contributed by atoms with Gasteiger partial charge in [-0.1, -0.05) is 48.5 Å². The molecule has 26 heavy (non-hydrogen) atoms. The van der Waals surface area contributed by atoms with E-state index >= 15 is 0 Å². The van der Waals surface area contributed by atoms with Crippen LogP contribution in [-0.4, -0.2) is 35.1 Å². The minimum Gasteiger partial charge on any atom is -0.480 e. The van der Waals surface area contributed by atoms with Gasteiger partial charge in [-0.2, -0.15) is 0 Å². The van der Waals surface area contributed by atoms with Gasteiger partial charge in [0.1, 0.15) is 12.2 Å². The molecule has 1 aromatic heterocycles. The second kappa shape index (κ2) is 7.65. The Balaban J connectivity index is 2.26. The smallest absolute Gasteiger partial charge is 0.322 e. The number of fused-ring (bicyclic) bond motifs is 1. The fourth-order valence-corrected chi connectivity index (χ4v) is 2.78. The number of pyridine rings is 1. The summed E-state index contributed by atoms with van der Waals surface area (Å²) < 4.78 is 5.62. The topological polar surface area (TPSA) is 88.5 Å². The first kappa shape index (κ1) is 17.4. The highest BCUT2D eigenvalue weighted by atomic mass is 16.5. The summed E-state index contributed by atoms with van der Waals surface area (Å²) in [4.78, 5) is 27.9. The highest BCUT2D eigenvalue weighted by molar-refractivity contribution is 6.10. The predicted octanol–water partition coefficient (Wildman–Crippen LogP) is 3.11. The Kier molecular flexibility index (Phi) is 5.12. The molecule has 0 spiro atoms. The molecule has 1 heterocycles. The highest BCUT2D eigenvalue weighted by Gasteiger charge is 2.21. The Morgan fingerprint density at radius 1 is 1.04 bits per heavy atom. The zero-order chi connectivity index (χ0) is 18.5. The number of carbonyl (C=O) groups is 2. The van der Waals surface area contributed by atoms with E-state index in [0.29, 0.717) is 18.1 Å². The minimum atomic E-state index is -1.12. The highest BCUT2D eigenvalue weighted by Crippen LogP contribution is 2.35. The van der Waals surface area contributed by atoms with E-state index in [4.69, 9.17) is 9.84 Å². The molecule has 0 bridgehead atoms. The number of aliphatic carboxylic acids is 1. The van der Waals surface area contributed by atoms with E-state index in [1.165, 1.54) is 0 Å². The Labute approximate surface area is 150 Å². The quantitative estimate of drug-likeness (QED) is 0.713. The van der Waals surface area contributed by atoms with Crippen molar-refractivity contribution in [3.63, 3.8) is 0 Å². The number of carboxylic acids is 1. The molecule has 0 aliphatic heterocycles. The van der Waals surface area contributed by atoms with Crippen molar-refractivity contribution < 1.29 is 19.4 Å². The van der Waals surface area contributed by atoms with Gasteiger partial charge in [0.15, 0.2) is 0 Å². The number of aromatic nitrogens is 1. The van der Waals surface area contributed by atoms with Gasteiger partial charge in [-0.3, -0.25) is 9.59 Å². The van der Waals surface area contributed by atoms with Crippen LogP contribution in [0.1, 0.15) is 17.4 Å². The van der Waals surface area contributed by atoms with Crippen LogP contribution in [0.25, 0.3) is 21.9 Å². The molecule has 0 unspecified atom stereocenters. The molecule has 2 aromatic carbocycles. The van der Waals surface area contributed by atoms with Crippen molar-refractivity contribution in [2.24, 2.45) is 0 Å². The predicted molar refractivity (Wildman–Crippen MR) is 98.3 cm³/mol. The molecular formula is C20H18N2O4. The van der Waals surface area contributed by atoms with Gasteiger partial charge >= 0.3 is 5.97 Å². The maximum Gasteiger partial charge on any atom is 0.322 e. The molecule has 2 N–H and O–H groups in total. The first-order chi connectivity index (χ1) is 12.6. The van der Waals surface area contributed by atoms with Gasteiger partial charge in [0.2, 0.25) is 5.88 Å². The number of carboxylic acid groups (broad SMARTS) is 1. The number of nitrogens with zero attached hydrogens (tertiary/aromatic N) is 1. The number of amides is 1. The maximum atomic E-state index is 12.7. The van der Waals surface area contributed by atoms with Gasteiger partial charge < -0.3 is 15.2 Å². The van der Waals surface area contributed by atoms with E-state index in [-0.39, 0.29) is 5.69 Å². The van der Waals surface area contributed by atoms with Crippen molar-refractivity contribution in [2.75, 3.05) is 13.2 Å². The molecule has 0 saturated heterocycles. The summed E-state index contributed by atoms with van der Waals surface area (Å²) in [5.74, 6) is -1.33. The van der Waals surface area contributed by atoms with E-state index in [1.807, 2.05) is 61.5 Å². The monoisotopic (exact) mass is 350 g/mol. The maximum absolute atomic E-state index is 12.7. The van der Waals surface area contributed by atoms with Gasteiger partial charge in [0, 0.05) is 10.9 Å². The average molecular weight is 350 g/mol. The average Bonchev–Trinajstić information content (AvgIpc) is 2.66. The van der Waals surface area contributed by atoms with Crippen molar-refractivity contribution in [3.05, 3.63) is 60.3 Å². The lowest BCUT2D eigenvalue weighted by atomic mass is 9.96. The van der Waals surface area contributed by atoms with Crippen LogP contribution in [0.5, 0.6) is 5.88 Å². The number of carbonyl (C=O) groups excluding carboxylic acids is 1. The molecular weight excluding hydrogens is 332 g/mol. The van der Waals surface area contributed by atoms with Crippen LogP contribution in [-0.2, 0) is 4.79 Å². The zero-order valence-electron chi connectivity index (χ0n) is 14.2. The van der Waals surface area contributed by atoms with Crippen LogP contribution in [0.15, 0.2) is 54.6 Å². The van der Waals surface area contributed by atoms with Crippen LogP contribution in [0.3, 0.4) is 0 Å². The van der Waals surface area contributed by atoms with Crippen LogP contribution in [0.4, 0.5) is 0 Å². The van der Waals surface area contributed by atoms with Crippen molar-refractivity contribution >= 4 is 22.6 Å². The Bertz CT molecular complexity index is 955. The summed E-state index contributed by atoms with van der Waals surface area (Å²) in [5.41, 5.74) is 1.60. The van der Waals surface area contributed by atoms with Crippen molar-refractivity contribution in [2.45, 2.75) is 6.92 Å². The SMILES string of the molecule is CCOc1nc(C(=O)NCC(=O)O)c(-c2ccccc2)c2ccccc12. The molecule has 0 atom stereocenters. The van der Waals surface area contributed by atoms with Crippen LogP contribution in [0, 0.1) is 0 Å². The first-order valence-electron chi connectivity index (χ1n) is 8.22. The van der Waals surface area contributed by atoms with Gasteiger partial charge in [-0.25, -0.2) is 4.98 Å². The summed E-state index contributed by atoms with van der Waals surface area (Å²) in [6.45, 7) is 1.76. The van der Waals surface area contributed by atoms with E-state index in [0.717, 1.165) is 16.3 Å². The van der Waals surface area contributed by atoms with Gasteiger partial charge in [-0.05, 0) is 23.9 Å². The number of hydrogen-bond acceptors (Lipinski definition) is 4. The first-order valence-corrected chi connectivity index (χ1v) is 8.22. The number of hydrogen-bond donors (Lipinski definition) is 2. The molecule has 132 valence electrons. The summed E-state index contributed by atoms with van der Waals surface area (Å²) in [6, 6.07) is 17.0. The molecule has 6 nitrogen and oxygen atoms in total. The summed E-state index contributed by atoms with van der Waals surface area (Å²) >= 11 is 0. The lowest BCUT2D eigenvalue weighted by Gasteiger charge is -2.15. The Morgan fingerprint density at radius 2 is 1.69 bits per heavy atom. The van der Waals surface area contributed by atoms with Crippen molar-refractivity contribution in [1.29, 1.82) is 0 Å². The molecule has 0 aliphatic carbocycles. The molecule has 0 radical (unpaired) electrons. The van der Waals surface area contributed by atoms with Gasteiger partial charge in [-0.15, -0.1) is 0 Å². The molecule has 0 saturated carbocycles. The Hall–Kier alpha value is -3.41. The van der Waals surface area contributed by atoms with Crippen molar-refractivity contribution in [3.8, 4) is 17.0 Å². The van der Waals surface area contributed by atoms with Gasteiger partial charge in [0.25, 0.3) is 5.91 Å². The van der Waals surface area contributed by atoms with E-state index in [1.54, 1.807) is 0 Å². The van der Waals surface area contributed by atoms with E-state index < -0.39 is 18.4 Å². The molecule has 3 aromatic rings. The Morgan fingerprint density at radius 3 is 2.35 bits per heavy atom. The normalized spacial score (nSPS) is 10.5. The van der Waals surface area contributed by atoms with Crippen LogP contribution in [0.2, 0.25) is 0 Å². The largest absolute Gasteiger partial charge is 0.480 e. The van der Waals surface area contributed by atoms with Crippen LogP contribution >= 0.6 is 0 Å². The van der Waals surface area contributed by atoms with Gasteiger partial charge in [0.05, 0.1) is 6.61 Å². The standard InChI is InChI=1S/C20H18N2O4/c1-2-26-20-15-11-7-6-10-14(15)17(13-8-4-3-5-9-13)18(22-20)19(25)21-12-16(23)24/h3-11H,2,12H2,1H3,(H,21,25)(H,23,24). The van der Waals surface area contributed by atoms with E-state index in [9.17, 15) is 9.59 Å². The fraction of sp³-hybridized carbons (Fsp3) is 0.150. The van der Waals surface area contributed by atoms with E-state index in [2.05, 4.69) is 10.3 Å². The lowest BCUT2D eigenvalue weighted by Crippen LogP contribution is -2.30. The minimum absolute atomic E-state index is 0.139. The fourth-order valence-electron chi connectivity index (χ4n) is 2.78. The third-order valence-corrected chi connectivity index (χ3v) is 3.84.